The zero-order chi connectivity index (χ0) is 19.0. The Balaban J connectivity index is 1.70. The summed E-state index contributed by atoms with van der Waals surface area (Å²) in [6.45, 7) is 3.21. The van der Waals surface area contributed by atoms with Gasteiger partial charge in [0.25, 0.3) is 5.92 Å². The first-order chi connectivity index (χ1) is 12.9. The fourth-order valence-corrected chi connectivity index (χ4v) is 3.74. The lowest BCUT2D eigenvalue weighted by Gasteiger charge is -2.32. The lowest BCUT2D eigenvalue weighted by Crippen LogP contribution is -2.44. The number of nitrogens with two attached hydrogens (primary N) is 1. The van der Waals surface area contributed by atoms with Crippen molar-refractivity contribution < 1.29 is 8.78 Å². The van der Waals surface area contributed by atoms with Crippen molar-refractivity contribution in [1.82, 2.24) is 9.55 Å². The van der Waals surface area contributed by atoms with Crippen LogP contribution < -0.4 is 10.6 Å². The van der Waals surface area contributed by atoms with Gasteiger partial charge in [0.1, 0.15) is 0 Å². The molecule has 2 N–H and O–H groups in total. The van der Waals surface area contributed by atoms with Crippen LogP contribution in [0.15, 0.2) is 48.5 Å². The van der Waals surface area contributed by atoms with E-state index in [9.17, 15) is 8.78 Å². The minimum Gasteiger partial charge on any atom is -0.341 e. The first-order valence-electron chi connectivity index (χ1n) is 9.35. The molecule has 0 spiro atoms. The van der Waals surface area contributed by atoms with Gasteiger partial charge in [0, 0.05) is 31.6 Å². The number of benzene rings is 2. The second-order valence-electron chi connectivity index (χ2n) is 7.42. The monoisotopic (exact) mass is 370 g/mol. The van der Waals surface area contributed by atoms with Crippen molar-refractivity contribution in [3.63, 3.8) is 0 Å². The van der Waals surface area contributed by atoms with Gasteiger partial charge in [0.05, 0.1) is 17.6 Å². The molecule has 2 aromatic carbocycles. The second kappa shape index (κ2) is 6.93. The minimum atomic E-state index is -2.82. The summed E-state index contributed by atoms with van der Waals surface area (Å²) in [7, 11) is 0. The highest BCUT2D eigenvalue weighted by Gasteiger charge is 2.25. The Bertz CT molecular complexity index is 927. The van der Waals surface area contributed by atoms with E-state index in [4.69, 9.17) is 10.7 Å². The number of para-hydroxylation sites is 2. The van der Waals surface area contributed by atoms with Gasteiger partial charge in [-0.1, -0.05) is 36.4 Å². The Labute approximate surface area is 157 Å². The highest BCUT2D eigenvalue weighted by Crippen LogP contribution is 2.29. The first-order valence-corrected chi connectivity index (χ1v) is 9.35. The van der Waals surface area contributed by atoms with Crippen LogP contribution in [-0.2, 0) is 12.5 Å². The third kappa shape index (κ3) is 3.67. The molecule has 2 heterocycles. The SMILES string of the molecule is CC(F)(F)c1ccc(Cn2c(N3CCCC(N)C3)nc3ccccc32)cc1. The van der Waals surface area contributed by atoms with Gasteiger partial charge >= 0.3 is 0 Å². The molecule has 1 aliphatic rings. The van der Waals surface area contributed by atoms with E-state index < -0.39 is 5.92 Å². The van der Waals surface area contributed by atoms with Gasteiger partial charge in [-0.25, -0.2) is 13.8 Å². The molecule has 4 nitrogen and oxygen atoms in total. The Morgan fingerprint density at radius 3 is 2.59 bits per heavy atom. The third-order valence-corrected chi connectivity index (χ3v) is 5.18. The molecule has 1 fully saturated rings. The van der Waals surface area contributed by atoms with Crippen molar-refractivity contribution in [2.24, 2.45) is 5.73 Å². The summed E-state index contributed by atoms with van der Waals surface area (Å²) in [6, 6.07) is 14.7. The predicted octanol–water partition coefficient (Wildman–Crippen LogP) is 4.12. The average molecular weight is 370 g/mol. The maximum atomic E-state index is 13.5. The number of alkyl halides is 2. The van der Waals surface area contributed by atoms with Gasteiger partial charge < -0.3 is 15.2 Å². The number of aromatic nitrogens is 2. The summed E-state index contributed by atoms with van der Waals surface area (Å²) in [5.74, 6) is -1.92. The minimum absolute atomic E-state index is 0.0315. The summed E-state index contributed by atoms with van der Waals surface area (Å²) >= 11 is 0. The van der Waals surface area contributed by atoms with Gasteiger partial charge in [-0.3, -0.25) is 0 Å². The summed E-state index contributed by atoms with van der Waals surface area (Å²) < 4.78 is 29.1. The van der Waals surface area contributed by atoms with Crippen LogP contribution in [0.3, 0.4) is 0 Å². The molecular weight excluding hydrogens is 346 g/mol. The molecule has 1 aromatic heterocycles. The molecule has 0 radical (unpaired) electrons. The average Bonchev–Trinajstić information content (AvgIpc) is 3.00. The van der Waals surface area contributed by atoms with E-state index in [1.165, 1.54) is 12.1 Å². The maximum absolute atomic E-state index is 13.5. The van der Waals surface area contributed by atoms with E-state index in [1.807, 2.05) is 24.3 Å². The van der Waals surface area contributed by atoms with Crippen LogP contribution >= 0.6 is 0 Å². The normalized spacial score (nSPS) is 18.2. The quantitative estimate of drug-likeness (QED) is 0.751. The van der Waals surface area contributed by atoms with E-state index in [2.05, 4.69) is 9.47 Å². The van der Waals surface area contributed by atoms with Crippen molar-refractivity contribution >= 4 is 17.0 Å². The number of rotatable bonds is 4. The highest BCUT2D eigenvalue weighted by molar-refractivity contribution is 5.79. The summed E-state index contributed by atoms with van der Waals surface area (Å²) in [4.78, 5) is 7.08. The third-order valence-electron chi connectivity index (χ3n) is 5.18. The van der Waals surface area contributed by atoms with E-state index in [-0.39, 0.29) is 11.6 Å². The molecule has 1 unspecified atom stereocenters. The van der Waals surface area contributed by atoms with Crippen molar-refractivity contribution in [1.29, 1.82) is 0 Å². The first kappa shape index (κ1) is 17.9. The van der Waals surface area contributed by atoms with Gasteiger partial charge in [0.2, 0.25) is 5.95 Å². The lowest BCUT2D eigenvalue weighted by molar-refractivity contribution is 0.0174. The van der Waals surface area contributed by atoms with Gasteiger partial charge in [-0.2, -0.15) is 0 Å². The van der Waals surface area contributed by atoms with E-state index in [0.717, 1.165) is 55.4 Å². The van der Waals surface area contributed by atoms with E-state index in [1.54, 1.807) is 12.1 Å². The molecule has 1 saturated heterocycles. The fraction of sp³-hybridized carbons (Fsp3) is 0.381. The molecule has 142 valence electrons. The van der Waals surface area contributed by atoms with Crippen molar-refractivity contribution in [3.8, 4) is 0 Å². The van der Waals surface area contributed by atoms with Crippen molar-refractivity contribution in [2.45, 2.75) is 38.3 Å². The van der Waals surface area contributed by atoms with Crippen molar-refractivity contribution in [2.75, 3.05) is 18.0 Å². The molecule has 3 aromatic rings. The van der Waals surface area contributed by atoms with Crippen LogP contribution in [0, 0.1) is 0 Å². The van der Waals surface area contributed by atoms with Crippen LogP contribution in [0.25, 0.3) is 11.0 Å². The lowest BCUT2D eigenvalue weighted by atomic mass is 10.1. The number of hydrogen-bond donors (Lipinski definition) is 1. The van der Waals surface area contributed by atoms with Crippen LogP contribution in [-0.4, -0.2) is 28.7 Å². The molecule has 0 bridgehead atoms. The van der Waals surface area contributed by atoms with Gasteiger partial charge in [0.15, 0.2) is 0 Å². The second-order valence-corrected chi connectivity index (χ2v) is 7.42. The van der Waals surface area contributed by atoms with E-state index in [0.29, 0.717) is 6.54 Å². The number of imidazole rings is 1. The smallest absolute Gasteiger partial charge is 0.270 e. The molecule has 4 rings (SSSR count). The Kier molecular flexibility index (Phi) is 4.60. The van der Waals surface area contributed by atoms with Gasteiger partial charge in [-0.15, -0.1) is 0 Å². The summed E-state index contributed by atoms with van der Waals surface area (Å²) in [5.41, 5.74) is 9.14. The topological polar surface area (TPSA) is 47.1 Å². The number of anilines is 1. The molecule has 27 heavy (non-hydrogen) atoms. The zero-order valence-corrected chi connectivity index (χ0v) is 15.4. The standard InChI is InChI=1S/C21H24F2N4/c1-21(22,23)16-10-8-15(9-11-16)13-27-19-7-3-2-6-18(19)25-20(27)26-12-4-5-17(24)14-26/h2-3,6-11,17H,4-5,12-14,24H2,1H3. The molecule has 1 aliphatic heterocycles. The van der Waals surface area contributed by atoms with Crippen molar-refractivity contribution in [3.05, 3.63) is 59.7 Å². The predicted molar refractivity (Wildman–Crippen MR) is 104 cm³/mol. The molecular formula is C21H24F2N4. The van der Waals surface area contributed by atoms with Gasteiger partial charge in [-0.05, 0) is 30.5 Å². The number of halogens is 2. The summed E-state index contributed by atoms with van der Waals surface area (Å²) in [6.07, 6.45) is 2.08. The number of fused-ring (bicyclic) bond motifs is 1. The van der Waals surface area contributed by atoms with Crippen LogP contribution in [0.1, 0.15) is 30.9 Å². The largest absolute Gasteiger partial charge is 0.341 e. The molecule has 1 atom stereocenters. The number of nitrogens with zero attached hydrogens (tertiary/aromatic N) is 3. The Morgan fingerprint density at radius 1 is 1.15 bits per heavy atom. The summed E-state index contributed by atoms with van der Waals surface area (Å²) in [5, 5.41) is 0. The van der Waals surface area contributed by atoms with E-state index >= 15 is 0 Å². The van der Waals surface area contributed by atoms with Crippen LogP contribution in [0.5, 0.6) is 0 Å². The fourth-order valence-electron chi connectivity index (χ4n) is 3.74. The molecule has 0 amide bonds. The highest BCUT2D eigenvalue weighted by atomic mass is 19.3. The van der Waals surface area contributed by atoms with Crippen LogP contribution in [0.2, 0.25) is 0 Å². The molecule has 0 aliphatic carbocycles. The number of hydrogen-bond acceptors (Lipinski definition) is 3. The maximum Gasteiger partial charge on any atom is 0.270 e. The molecule has 0 saturated carbocycles. The Morgan fingerprint density at radius 2 is 1.89 bits per heavy atom. The number of piperidine rings is 1. The Hall–Kier alpha value is -2.47. The zero-order valence-electron chi connectivity index (χ0n) is 15.4. The molecule has 6 heteroatoms. The van der Waals surface area contributed by atoms with Crippen LogP contribution in [0.4, 0.5) is 14.7 Å².